The van der Waals surface area contributed by atoms with Crippen molar-refractivity contribution in [1.82, 2.24) is 4.90 Å². The van der Waals surface area contributed by atoms with Crippen molar-refractivity contribution < 1.29 is 14.7 Å². The smallest absolute Gasteiger partial charge is 0.410 e. The molecule has 0 aliphatic heterocycles. The minimum absolute atomic E-state index is 0.104. The zero-order chi connectivity index (χ0) is 14.3. The Labute approximate surface area is 109 Å². The number of rotatable bonds is 5. The molecular formula is C12H25N3O3. The fraction of sp³-hybridized carbons (Fsp3) is 0.833. The highest BCUT2D eigenvalue weighted by Crippen LogP contribution is 2.11. The topological polar surface area (TPSA) is 88.1 Å². The number of amidine groups is 1. The van der Waals surface area contributed by atoms with Gasteiger partial charge in [-0.2, -0.15) is 0 Å². The monoisotopic (exact) mass is 259 g/mol. The Morgan fingerprint density at radius 1 is 1.44 bits per heavy atom. The lowest BCUT2D eigenvalue weighted by Gasteiger charge is -2.28. The van der Waals surface area contributed by atoms with E-state index < -0.39 is 5.60 Å². The fourth-order valence-electron chi connectivity index (χ4n) is 1.32. The molecule has 0 heterocycles. The first-order valence-electron chi connectivity index (χ1n) is 6.10. The molecule has 0 aliphatic rings. The van der Waals surface area contributed by atoms with Crippen molar-refractivity contribution in [2.45, 2.75) is 46.6 Å². The predicted molar refractivity (Wildman–Crippen MR) is 70.7 cm³/mol. The van der Waals surface area contributed by atoms with Gasteiger partial charge < -0.3 is 20.6 Å². The van der Waals surface area contributed by atoms with E-state index >= 15 is 0 Å². The van der Waals surface area contributed by atoms with E-state index in [0.717, 1.165) is 0 Å². The molecule has 0 rings (SSSR count). The minimum atomic E-state index is -0.525. The van der Waals surface area contributed by atoms with E-state index in [0.29, 0.717) is 25.4 Å². The number of ether oxygens (including phenoxy) is 1. The molecule has 6 nitrogen and oxygen atoms in total. The highest BCUT2D eigenvalue weighted by molar-refractivity contribution is 5.80. The summed E-state index contributed by atoms with van der Waals surface area (Å²) in [4.78, 5) is 13.5. The Hall–Kier alpha value is -1.46. The highest BCUT2D eigenvalue weighted by atomic mass is 16.6. The molecule has 0 aromatic heterocycles. The average molecular weight is 259 g/mol. The van der Waals surface area contributed by atoms with Gasteiger partial charge in [0.1, 0.15) is 11.4 Å². The summed E-state index contributed by atoms with van der Waals surface area (Å²) in [5, 5.41) is 11.4. The van der Waals surface area contributed by atoms with Crippen molar-refractivity contribution in [3.63, 3.8) is 0 Å². The van der Waals surface area contributed by atoms with E-state index in [4.69, 9.17) is 15.7 Å². The first kappa shape index (κ1) is 16.5. The second-order valence-corrected chi connectivity index (χ2v) is 5.66. The van der Waals surface area contributed by atoms with Crippen LogP contribution in [0.25, 0.3) is 0 Å². The van der Waals surface area contributed by atoms with Crippen LogP contribution in [0, 0.1) is 5.92 Å². The first-order chi connectivity index (χ1) is 8.15. The Balaban J connectivity index is 4.52. The van der Waals surface area contributed by atoms with Crippen LogP contribution >= 0.6 is 0 Å². The van der Waals surface area contributed by atoms with Crippen LogP contribution in [0.4, 0.5) is 4.79 Å². The third-order valence-electron chi connectivity index (χ3n) is 2.00. The first-order valence-corrected chi connectivity index (χ1v) is 6.10. The summed E-state index contributed by atoms with van der Waals surface area (Å²) in [6.45, 7) is 10.4. The van der Waals surface area contributed by atoms with Crippen LogP contribution < -0.4 is 5.73 Å². The SMILES string of the molecule is CC(C)CN(CCC(N)=NO)C(=O)OC(C)(C)C. The summed E-state index contributed by atoms with van der Waals surface area (Å²) < 4.78 is 5.31. The average Bonchev–Trinajstić information content (AvgIpc) is 2.20. The van der Waals surface area contributed by atoms with E-state index in [9.17, 15) is 4.79 Å². The zero-order valence-electron chi connectivity index (χ0n) is 11.9. The molecule has 18 heavy (non-hydrogen) atoms. The van der Waals surface area contributed by atoms with E-state index in [1.807, 2.05) is 34.6 Å². The van der Waals surface area contributed by atoms with Gasteiger partial charge >= 0.3 is 6.09 Å². The number of amides is 1. The zero-order valence-corrected chi connectivity index (χ0v) is 11.9. The standard InChI is InChI=1S/C12H25N3O3/c1-9(2)8-15(7-6-10(13)14-17)11(16)18-12(3,4)5/h9,17H,6-8H2,1-5H3,(H2,13,14). The van der Waals surface area contributed by atoms with Crippen LogP contribution in [0.1, 0.15) is 41.0 Å². The quantitative estimate of drug-likeness (QED) is 0.342. The summed E-state index contributed by atoms with van der Waals surface area (Å²) >= 11 is 0. The molecule has 106 valence electrons. The largest absolute Gasteiger partial charge is 0.444 e. The van der Waals surface area contributed by atoms with E-state index in [2.05, 4.69) is 5.16 Å². The van der Waals surface area contributed by atoms with Crippen LogP contribution in [0.5, 0.6) is 0 Å². The van der Waals surface area contributed by atoms with Crippen molar-refractivity contribution in [3.8, 4) is 0 Å². The second kappa shape index (κ2) is 7.08. The van der Waals surface area contributed by atoms with Crippen LogP contribution in [0.3, 0.4) is 0 Å². The van der Waals surface area contributed by atoms with Crippen molar-refractivity contribution in [3.05, 3.63) is 0 Å². The Bertz CT molecular complexity index is 295. The van der Waals surface area contributed by atoms with Crippen molar-refractivity contribution in [2.75, 3.05) is 13.1 Å². The van der Waals surface area contributed by atoms with Gasteiger partial charge in [0.15, 0.2) is 0 Å². The van der Waals surface area contributed by atoms with E-state index in [-0.39, 0.29) is 11.9 Å². The van der Waals surface area contributed by atoms with E-state index in [1.165, 1.54) is 0 Å². The van der Waals surface area contributed by atoms with Crippen LogP contribution in [-0.2, 0) is 4.74 Å². The van der Waals surface area contributed by atoms with Gasteiger partial charge in [-0.05, 0) is 26.7 Å². The normalized spacial score (nSPS) is 12.7. The Morgan fingerprint density at radius 3 is 2.39 bits per heavy atom. The summed E-state index contributed by atoms with van der Waals surface area (Å²) in [5.74, 6) is 0.428. The number of carbonyl (C=O) groups excluding carboxylic acids is 1. The third-order valence-corrected chi connectivity index (χ3v) is 2.00. The summed E-state index contributed by atoms with van der Waals surface area (Å²) in [7, 11) is 0. The van der Waals surface area contributed by atoms with Gasteiger partial charge in [-0.3, -0.25) is 0 Å². The summed E-state index contributed by atoms with van der Waals surface area (Å²) in [5.41, 5.74) is 4.88. The number of oxime groups is 1. The van der Waals surface area contributed by atoms with Gasteiger partial charge in [0.05, 0.1) is 0 Å². The van der Waals surface area contributed by atoms with Gasteiger partial charge in [0.25, 0.3) is 0 Å². The molecule has 6 heteroatoms. The maximum Gasteiger partial charge on any atom is 0.410 e. The van der Waals surface area contributed by atoms with Gasteiger partial charge in [0, 0.05) is 19.5 Å². The minimum Gasteiger partial charge on any atom is -0.444 e. The molecule has 0 aliphatic carbocycles. The maximum absolute atomic E-state index is 12.0. The number of nitrogens with zero attached hydrogens (tertiary/aromatic N) is 2. The lowest BCUT2D eigenvalue weighted by atomic mass is 10.2. The molecule has 3 N–H and O–H groups in total. The van der Waals surface area contributed by atoms with Gasteiger partial charge in [-0.15, -0.1) is 0 Å². The molecule has 0 aromatic carbocycles. The molecule has 1 amide bonds. The van der Waals surface area contributed by atoms with Gasteiger partial charge in [0.2, 0.25) is 0 Å². The fourth-order valence-corrected chi connectivity index (χ4v) is 1.32. The highest BCUT2D eigenvalue weighted by Gasteiger charge is 2.22. The molecule has 0 radical (unpaired) electrons. The van der Waals surface area contributed by atoms with Crippen molar-refractivity contribution >= 4 is 11.9 Å². The predicted octanol–water partition coefficient (Wildman–Crippen LogP) is 2.02. The maximum atomic E-state index is 12.0. The molecule has 0 aromatic rings. The van der Waals surface area contributed by atoms with Gasteiger partial charge in [-0.25, -0.2) is 4.79 Å². The molecule has 0 saturated heterocycles. The van der Waals surface area contributed by atoms with Crippen LogP contribution in [-0.4, -0.2) is 40.7 Å². The van der Waals surface area contributed by atoms with Crippen LogP contribution in [0.15, 0.2) is 5.16 Å². The van der Waals surface area contributed by atoms with E-state index in [1.54, 1.807) is 4.90 Å². The second-order valence-electron chi connectivity index (χ2n) is 5.66. The third kappa shape index (κ3) is 7.76. The lowest BCUT2D eigenvalue weighted by molar-refractivity contribution is 0.0233. The number of carbonyl (C=O) groups is 1. The van der Waals surface area contributed by atoms with Gasteiger partial charge in [-0.1, -0.05) is 19.0 Å². The molecule has 0 bridgehead atoms. The molecule has 0 atom stereocenters. The van der Waals surface area contributed by atoms with Crippen LogP contribution in [0.2, 0.25) is 0 Å². The van der Waals surface area contributed by atoms with Crippen molar-refractivity contribution in [1.29, 1.82) is 0 Å². The number of nitrogens with two attached hydrogens (primary N) is 1. The molecule has 0 spiro atoms. The molecule has 0 fully saturated rings. The lowest BCUT2D eigenvalue weighted by Crippen LogP contribution is -2.40. The molecule has 0 saturated carbocycles. The summed E-state index contributed by atoms with van der Waals surface area (Å²) in [6, 6.07) is 0. The molecular weight excluding hydrogens is 234 g/mol. The Morgan fingerprint density at radius 2 is 2.00 bits per heavy atom. The number of hydrogen-bond acceptors (Lipinski definition) is 4. The number of hydrogen-bond donors (Lipinski definition) is 2. The summed E-state index contributed by atoms with van der Waals surface area (Å²) in [6.07, 6.45) is -0.0513. The van der Waals surface area contributed by atoms with Crippen molar-refractivity contribution in [2.24, 2.45) is 16.8 Å². The Kier molecular flexibility index (Phi) is 6.51. The molecule has 0 unspecified atom stereocenters.